The molecule has 2 atom stereocenters. The third-order valence-electron chi connectivity index (χ3n) is 7.67. The van der Waals surface area contributed by atoms with Crippen LogP contribution in [0.4, 0.5) is 0 Å². The van der Waals surface area contributed by atoms with Gasteiger partial charge >= 0.3 is 0 Å². The normalized spacial score (nSPS) is 30.1. The maximum Gasteiger partial charge on any atom is 0.254 e. The van der Waals surface area contributed by atoms with Crippen molar-refractivity contribution in [2.75, 3.05) is 19.6 Å². The third kappa shape index (κ3) is 4.84. The van der Waals surface area contributed by atoms with E-state index in [0.29, 0.717) is 6.04 Å². The number of carbonyl (C=O) groups excluding carboxylic acids is 1. The van der Waals surface area contributed by atoms with Crippen molar-refractivity contribution in [3.8, 4) is 0 Å². The SMILES string of the molecule is C[C@@H]1CN(C2CCN(Cc3ccccc3)CC2)C(=O)[C@H]1ON1C(C)(C)CCCC1(C)C. The molecule has 4 rings (SSSR count). The molecule has 3 saturated heterocycles. The van der Waals surface area contributed by atoms with Crippen LogP contribution in [0.2, 0.25) is 0 Å². The lowest BCUT2D eigenvalue weighted by Gasteiger charge is -2.52. The summed E-state index contributed by atoms with van der Waals surface area (Å²) in [5.41, 5.74) is 1.28. The summed E-state index contributed by atoms with van der Waals surface area (Å²) >= 11 is 0. The summed E-state index contributed by atoms with van der Waals surface area (Å²) in [6.07, 6.45) is 5.18. The van der Waals surface area contributed by atoms with Gasteiger partial charge in [0.1, 0.15) is 0 Å². The highest BCUT2D eigenvalue weighted by atomic mass is 16.7. The molecule has 5 nitrogen and oxygen atoms in total. The minimum absolute atomic E-state index is 0.0437. The molecule has 1 aromatic rings. The Morgan fingerprint density at radius 1 is 1.00 bits per heavy atom. The summed E-state index contributed by atoms with van der Waals surface area (Å²) in [6, 6.07) is 11.0. The van der Waals surface area contributed by atoms with Crippen LogP contribution in [0.15, 0.2) is 30.3 Å². The van der Waals surface area contributed by atoms with Gasteiger partial charge in [-0.3, -0.25) is 14.5 Å². The van der Waals surface area contributed by atoms with Gasteiger partial charge in [0.25, 0.3) is 5.91 Å². The van der Waals surface area contributed by atoms with Crippen molar-refractivity contribution >= 4 is 5.91 Å². The van der Waals surface area contributed by atoms with E-state index in [1.807, 2.05) is 0 Å². The first-order chi connectivity index (χ1) is 14.7. The number of hydrogen-bond donors (Lipinski definition) is 0. The van der Waals surface area contributed by atoms with E-state index in [4.69, 9.17) is 4.84 Å². The predicted molar refractivity (Wildman–Crippen MR) is 124 cm³/mol. The predicted octanol–water partition coefficient (Wildman–Crippen LogP) is 4.47. The Labute approximate surface area is 188 Å². The molecule has 1 aromatic carbocycles. The Kier molecular flexibility index (Phi) is 6.49. The molecule has 0 aliphatic carbocycles. The van der Waals surface area contributed by atoms with Crippen LogP contribution in [-0.4, -0.2) is 63.6 Å². The summed E-state index contributed by atoms with van der Waals surface area (Å²) in [4.78, 5) is 24.7. The van der Waals surface area contributed by atoms with Gasteiger partial charge in [-0.05, 0) is 65.4 Å². The molecule has 5 heteroatoms. The fourth-order valence-corrected chi connectivity index (χ4v) is 5.99. The number of hydrogen-bond acceptors (Lipinski definition) is 4. The fraction of sp³-hybridized carbons (Fsp3) is 0.731. The zero-order chi connectivity index (χ0) is 22.2. The van der Waals surface area contributed by atoms with Crippen LogP contribution in [0.1, 0.15) is 72.3 Å². The van der Waals surface area contributed by atoms with Gasteiger partial charge in [-0.2, -0.15) is 5.06 Å². The van der Waals surface area contributed by atoms with E-state index in [9.17, 15) is 4.79 Å². The summed E-state index contributed by atoms with van der Waals surface area (Å²) < 4.78 is 0. The summed E-state index contributed by atoms with van der Waals surface area (Å²) in [7, 11) is 0. The molecule has 172 valence electrons. The van der Waals surface area contributed by atoms with Gasteiger partial charge < -0.3 is 4.90 Å². The maximum atomic E-state index is 13.4. The van der Waals surface area contributed by atoms with Crippen LogP contribution < -0.4 is 0 Å². The third-order valence-corrected chi connectivity index (χ3v) is 7.67. The fourth-order valence-electron chi connectivity index (χ4n) is 5.99. The number of piperidine rings is 2. The topological polar surface area (TPSA) is 36.0 Å². The molecule has 0 unspecified atom stereocenters. The van der Waals surface area contributed by atoms with Crippen LogP contribution in [0.3, 0.4) is 0 Å². The van der Waals surface area contributed by atoms with Crippen molar-refractivity contribution in [2.24, 2.45) is 5.92 Å². The van der Waals surface area contributed by atoms with Crippen LogP contribution >= 0.6 is 0 Å². The average Bonchev–Trinajstić information content (AvgIpc) is 2.99. The first-order valence-corrected chi connectivity index (χ1v) is 12.2. The number of rotatable bonds is 5. The number of hydroxylamine groups is 2. The Hall–Kier alpha value is -1.43. The molecule has 0 radical (unpaired) electrons. The number of likely N-dealkylation sites (tertiary alicyclic amines) is 2. The second-order valence-corrected chi connectivity index (χ2v) is 11.3. The van der Waals surface area contributed by atoms with Crippen molar-refractivity contribution in [3.05, 3.63) is 35.9 Å². The molecule has 3 aliphatic heterocycles. The number of carbonyl (C=O) groups is 1. The Morgan fingerprint density at radius 3 is 2.23 bits per heavy atom. The monoisotopic (exact) mass is 427 g/mol. The van der Waals surface area contributed by atoms with Crippen LogP contribution in [0.5, 0.6) is 0 Å². The van der Waals surface area contributed by atoms with Gasteiger partial charge in [0.2, 0.25) is 0 Å². The van der Waals surface area contributed by atoms with Gasteiger partial charge in [-0.25, -0.2) is 0 Å². The van der Waals surface area contributed by atoms with E-state index in [-0.39, 0.29) is 29.0 Å². The lowest BCUT2D eigenvalue weighted by Crippen LogP contribution is -2.60. The van der Waals surface area contributed by atoms with Crippen LogP contribution in [0, 0.1) is 5.92 Å². The van der Waals surface area contributed by atoms with E-state index < -0.39 is 0 Å². The highest BCUT2D eigenvalue weighted by Crippen LogP contribution is 2.40. The van der Waals surface area contributed by atoms with Crippen LogP contribution in [-0.2, 0) is 16.2 Å². The number of amides is 1. The Morgan fingerprint density at radius 2 is 1.61 bits per heavy atom. The molecule has 1 amide bonds. The molecule has 0 bridgehead atoms. The van der Waals surface area contributed by atoms with Crippen molar-refractivity contribution < 1.29 is 9.63 Å². The lowest BCUT2D eigenvalue weighted by atomic mass is 9.82. The van der Waals surface area contributed by atoms with E-state index >= 15 is 0 Å². The Bertz CT molecular complexity index is 739. The molecule has 0 N–H and O–H groups in total. The van der Waals surface area contributed by atoms with Gasteiger partial charge in [0.05, 0.1) is 0 Å². The zero-order valence-electron chi connectivity index (χ0n) is 20.1. The molecule has 31 heavy (non-hydrogen) atoms. The molecule has 0 saturated carbocycles. The van der Waals surface area contributed by atoms with Crippen molar-refractivity contribution in [1.29, 1.82) is 0 Å². The number of nitrogens with zero attached hydrogens (tertiary/aromatic N) is 3. The van der Waals surface area contributed by atoms with Gasteiger partial charge in [0.15, 0.2) is 6.10 Å². The lowest BCUT2D eigenvalue weighted by molar-refractivity contribution is -0.302. The van der Waals surface area contributed by atoms with E-state index in [0.717, 1.165) is 51.9 Å². The first-order valence-electron chi connectivity index (χ1n) is 12.2. The van der Waals surface area contributed by atoms with E-state index in [1.165, 1.54) is 12.0 Å². The largest absolute Gasteiger partial charge is 0.337 e. The minimum atomic E-state index is -0.348. The van der Waals surface area contributed by atoms with Crippen molar-refractivity contribution in [1.82, 2.24) is 14.9 Å². The second-order valence-electron chi connectivity index (χ2n) is 11.3. The number of benzene rings is 1. The second kappa shape index (κ2) is 8.84. The molecule has 0 spiro atoms. The quantitative estimate of drug-likeness (QED) is 0.695. The van der Waals surface area contributed by atoms with Crippen molar-refractivity contribution in [3.63, 3.8) is 0 Å². The van der Waals surface area contributed by atoms with Crippen molar-refractivity contribution in [2.45, 2.75) is 96.5 Å². The highest BCUT2D eigenvalue weighted by molar-refractivity contribution is 5.83. The van der Waals surface area contributed by atoms with E-state index in [1.54, 1.807) is 0 Å². The van der Waals surface area contributed by atoms with E-state index in [2.05, 4.69) is 79.8 Å². The average molecular weight is 428 g/mol. The molecular formula is C26H41N3O2. The minimum Gasteiger partial charge on any atom is -0.337 e. The Balaban J connectivity index is 1.36. The molecule has 3 aliphatic rings. The summed E-state index contributed by atoms with van der Waals surface area (Å²) in [6.45, 7) is 15.1. The first kappa shape index (κ1) is 22.8. The van der Waals surface area contributed by atoms with Crippen LogP contribution in [0.25, 0.3) is 0 Å². The molecule has 0 aromatic heterocycles. The molecule has 3 heterocycles. The molecular weight excluding hydrogens is 386 g/mol. The molecule has 3 fully saturated rings. The highest BCUT2D eigenvalue weighted by Gasteiger charge is 2.49. The van der Waals surface area contributed by atoms with Gasteiger partial charge in [-0.15, -0.1) is 0 Å². The van der Waals surface area contributed by atoms with Gasteiger partial charge in [-0.1, -0.05) is 37.3 Å². The smallest absolute Gasteiger partial charge is 0.254 e. The summed E-state index contributed by atoms with van der Waals surface area (Å²) in [5, 5.41) is 2.16. The maximum absolute atomic E-state index is 13.4. The summed E-state index contributed by atoms with van der Waals surface area (Å²) in [5.74, 6) is 0.426. The standard InChI is InChI=1S/C26H41N3O2/c1-20-18-28(22-12-16-27(17-13-22)19-21-10-7-6-8-11-21)24(30)23(20)31-29-25(2,3)14-9-15-26(29,4)5/h6-8,10-11,20,22-23H,9,12-19H2,1-5H3/t20-,23+/m1/s1. The van der Waals surface area contributed by atoms with Gasteiger partial charge in [0, 0.05) is 49.2 Å². The zero-order valence-corrected chi connectivity index (χ0v) is 20.1.